The van der Waals surface area contributed by atoms with Crippen LogP contribution in [0, 0.1) is 0 Å². The van der Waals surface area contributed by atoms with Gasteiger partial charge in [0.2, 0.25) is 0 Å². The minimum Gasteiger partial charge on any atom is -0.495 e. The van der Waals surface area contributed by atoms with Crippen LogP contribution in [-0.4, -0.2) is 24.9 Å². The van der Waals surface area contributed by atoms with Crippen LogP contribution in [0.1, 0.15) is 19.8 Å². The molecule has 0 radical (unpaired) electrons. The number of aliphatic hydroxyl groups is 1. The molecule has 1 rings (SSSR count). The lowest BCUT2D eigenvalue weighted by Gasteiger charge is -2.15. The first-order valence-electron chi connectivity index (χ1n) is 5.38. The Labute approximate surface area is 101 Å². The van der Waals surface area contributed by atoms with Crippen molar-refractivity contribution in [3.05, 3.63) is 23.2 Å². The van der Waals surface area contributed by atoms with Crippen molar-refractivity contribution in [1.29, 1.82) is 0 Å². The van der Waals surface area contributed by atoms with Gasteiger partial charge in [-0.2, -0.15) is 0 Å². The van der Waals surface area contributed by atoms with Gasteiger partial charge in [0.1, 0.15) is 5.75 Å². The second-order valence-electron chi connectivity index (χ2n) is 3.76. The summed E-state index contributed by atoms with van der Waals surface area (Å²) in [6.07, 6.45) is 1.73. The molecule has 0 spiro atoms. The van der Waals surface area contributed by atoms with Gasteiger partial charge in [0, 0.05) is 18.3 Å². The van der Waals surface area contributed by atoms with E-state index in [9.17, 15) is 0 Å². The third kappa shape index (κ3) is 3.91. The molecule has 90 valence electrons. The highest BCUT2D eigenvalue weighted by Gasteiger charge is 2.04. The Kier molecular flexibility index (Phi) is 5.43. The molecule has 0 fully saturated rings. The van der Waals surface area contributed by atoms with Crippen molar-refractivity contribution < 1.29 is 9.84 Å². The summed E-state index contributed by atoms with van der Waals surface area (Å²) in [5.41, 5.74) is 0.969. The maximum atomic E-state index is 8.73. The molecule has 1 unspecified atom stereocenters. The van der Waals surface area contributed by atoms with Crippen LogP contribution in [0.4, 0.5) is 5.69 Å². The fourth-order valence-electron chi connectivity index (χ4n) is 1.51. The molecule has 0 aliphatic rings. The molecule has 0 heterocycles. The summed E-state index contributed by atoms with van der Waals surface area (Å²) in [4.78, 5) is 0. The summed E-state index contributed by atoms with van der Waals surface area (Å²) in [6, 6.07) is 5.93. The van der Waals surface area contributed by atoms with Crippen molar-refractivity contribution >= 4 is 17.3 Å². The largest absolute Gasteiger partial charge is 0.495 e. The van der Waals surface area contributed by atoms with Crippen LogP contribution in [0.15, 0.2) is 18.2 Å². The van der Waals surface area contributed by atoms with Crippen molar-refractivity contribution in [2.24, 2.45) is 0 Å². The molecule has 0 bridgehead atoms. The van der Waals surface area contributed by atoms with Crippen LogP contribution in [0.25, 0.3) is 0 Å². The molecule has 1 aromatic rings. The summed E-state index contributed by atoms with van der Waals surface area (Å²) < 4.78 is 5.08. The highest BCUT2D eigenvalue weighted by Crippen LogP contribution is 2.27. The van der Waals surface area contributed by atoms with Gasteiger partial charge >= 0.3 is 0 Å². The number of rotatable bonds is 6. The van der Waals surface area contributed by atoms with Gasteiger partial charge in [-0.3, -0.25) is 0 Å². The molecule has 4 heteroatoms. The van der Waals surface area contributed by atoms with E-state index in [0.717, 1.165) is 18.5 Å². The molecule has 1 atom stereocenters. The molecule has 0 saturated heterocycles. The molecular formula is C12H18ClNO2. The highest BCUT2D eigenvalue weighted by atomic mass is 35.5. The average molecular weight is 244 g/mol. The van der Waals surface area contributed by atoms with Gasteiger partial charge < -0.3 is 15.2 Å². The summed E-state index contributed by atoms with van der Waals surface area (Å²) in [5, 5.41) is 12.6. The highest BCUT2D eigenvalue weighted by molar-refractivity contribution is 6.32. The number of hydrogen-bond acceptors (Lipinski definition) is 3. The van der Waals surface area contributed by atoms with E-state index in [1.807, 2.05) is 18.2 Å². The normalized spacial score (nSPS) is 12.2. The van der Waals surface area contributed by atoms with E-state index >= 15 is 0 Å². The predicted octanol–water partition coefficient (Wildman–Crippen LogP) is 2.92. The molecular weight excluding hydrogens is 226 g/mol. The van der Waals surface area contributed by atoms with E-state index in [-0.39, 0.29) is 6.61 Å². The smallest absolute Gasteiger partial charge is 0.137 e. The summed E-state index contributed by atoms with van der Waals surface area (Å²) in [6.45, 7) is 2.31. The maximum absolute atomic E-state index is 8.73. The van der Waals surface area contributed by atoms with Crippen LogP contribution < -0.4 is 10.1 Å². The molecule has 0 amide bonds. The van der Waals surface area contributed by atoms with E-state index < -0.39 is 0 Å². The minimum absolute atomic E-state index is 0.232. The van der Waals surface area contributed by atoms with Crippen LogP contribution in [0.2, 0.25) is 5.02 Å². The number of methoxy groups -OCH3 is 1. The Morgan fingerprint density at radius 3 is 2.81 bits per heavy atom. The van der Waals surface area contributed by atoms with Crippen molar-refractivity contribution in [1.82, 2.24) is 0 Å². The van der Waals surface area contributed by atoms with Crippen LogP contribution >= 0.6 is 11.6 Å². The second kappa shape index (κ2) is 6.61. The summed E-state index contributed by atoms with van der Waals surface area (Å²) in [5.74, 6) is 0.676. The Morgan fingerprint density at radius 1 is 1.50 bits per heavy atom. The Hall–Kier alpha value is -0.930. The van der Waals surface area contributed by atoms with Crippen LogP contribution in [0.5, 0.6) is 5.75 Å². The van der Waals surface area contributed by atoms with Gasteiger partial charge in [0.15, 0.2) is 0 Å². The van der Waals surface area contributed by atoms with Gasteiger partial charge in [-0.25, -0.2) is 0 Å². The first kappa shape index (κ1) is 13.1. The number of ether oxygens (including phenoxy) is 1. The van der Waals surface area contributed by atoms with Crippen LogP contribution in [0.3, 0.4) is 0 Å². The van der Waals surface area contributed by atoms with Gasteiger partial charge in [-0.15, -0.1) is 0 Å². The maximum Gasteiger partial charge on any atom is 0.137 e. The molecule has 0 aliphatic carbocycles. The zero-order valence-electron chi connectivity index (χ0n) is 9.66. The third-order valence-electron chi connectivity index (χ3n) is 2.36. The quantitative estimate of drug-likeness (QED) is 0.807. The first-order valence-corrected chi connectivity index (χ1v) is 5.76. The first-order chi connectivity index (χ1) is 7.67. The lowest BCUT2D eigenvalue weighted by atomic mass is 10.2. The lowest BCUT2D eigenvalue weighted by Crippen LogP contribution is -2.15. The van der Waals surface area contributed by atoms with Gasteiger partial charge in [-0.1, -0.05) is 11.6 Å². The van der Waals surface area contributed by atoms with Crippen molar-refractivity contribution in [3.8, 4) is 5.75 Å². The zero-order valence-corrected chi connectivity index (χ0v) is 10.4. The fourth-order valence-corrected chi connectivity index (χ4v) is 1.77. The second-order valence-corrected chi connectivity index (χ2v) is 4.17. The molecule has 0 aliphatic heterocycles. The number of nitrogens with one attached hydrogen (secondary N) is 1. The lowest BCUT2D eigenvalue weighted by molar-refractivity contribution is 0.282. The fraction of sp³-hybridized carbons (Fsp3) is 0.500. The predicted molar refractivity (Wildman–Crippen MR) is 67.4 cm³/mol. The van der Waals surface area contributed by atoms with Gasteiger partial charge in [0.05, 0.1) is 12.1 Å². The third-order valence-corrected chi connectivity index (χ3v) is 2.66. The zero-order chi connectivity index (χ0) is 12.0. The minimum atomic E-state index is 0.232. The Balaban J connectivity index is 2.57. The summed E-state index contributed by atoms with van der Waals surface area (Å²) >= 11 is 6.01. The number of halogens is 1. The number of aliphatic hydroxyl groups excluding tert-OH is 1. The number of benzene rings is 1. The van der Waals surface area contributed by atoms with Crippen molar-refractivity contribution in [2.75, 3.05) is 19.0 Å². The SMILES string of the molecule is COc1ccc(NC(C)CCCO)cc1Cl. The molecule has 2 N–H and O–H groups in total. The standard InChI is InChI=1S/C12H18ClNO2/c1-9(4-3-7-15)14-10-5-6-12(16-2)11(13)8-10/h5-6,8-9,14-15H,3-4,7H2,1-2H3. The van der Waals surface area contributed by atoms with Gasteiger partial charge in [0.25, 0.3) is 0 Å². The summed E-state index contributed by atoms with van der Waals surface area (Å²) in [7, 11) is 1.60. The molecule has 0 saturated carbocycles. The van der Waals surface area contributed by atoms with E-state index in [1.165, 1.54) is 0 Å². The van der Waals surface area contributed by atoms with Gasteiger partial charge in [-0.05, 0) is 38.0 Å². The topological polar surface area (TPSA) is 41.5 Å². The average Bonchev–Trinajstić information content (AvgIpc) is 2.26. The number of hydrogen-bond donors (Lipinski definition) is 2. The van der Waals surface area contributed by atoms with E-state index in [1.54, 1.807) is 7.11 Å². The molecule has 3 nitrogen and oxygen atoms in total. The van der Waals surface area contributed by atoms with E-state index in [4.69, 9.17) is 21.4 Å². The Morgan fingerprint density at radius 2 is 2.25 bits per heavy atom. The monoisotopic (exact) mass is 243 g/mol. The molecule has 0 aromatic heterocycles. The van der Waals surface area contributed by atoms with E-state index in [0.29, 0.717) is 16.8 Å². The van der Waals surface area contributed by atoms with E-state index in [2.05, 4.69) is 12.2 Å². The van der Waals surface area contributed by atoms with Crippen LogP contribution in [-0.2, 0) is 0 Å². The molecule has 1 aromatic carbocycles. The number of anilines is 1. The van der Waals surface area contributed by atoms with Crippen molar-refractivity contribution in [2.45, 2.75) is 25.8 Å². The van der Waals surface area contributed by atoms with Crippen molar-refractivity contribution in [3.63, 3.8) is 0 Å². The Bertz CT molecular complexity index is 331. The molecule has 16 heavy (non-hydrogen) atoms.